The molecular weight excluding hydrogens is 415 g/mol. The van der Waals surface area contributed by atoms with Gasteiger partial charge in [-0.3, -0.25) is 0 Å². The normalized spacial score (nSPS) is 15.1. The van der Waals surface area contributed by atoms with Crippen LogP contribution < -0.4 is 10.5 Å². The first-order chi connectivity index (χ1) is 13.8. The average Bonchev–Trinajstić information content (AvgIpc) is 2.67. The van der Waals surface area contributed by atoms with E-state index in [1.807, 2.05) is 0 Å². The minimum absolute atomic E-state index is 0.0347. The van der Waals surface area contributed by atoms with E-state index < -0.39 is 34.2 Å². The van der Waals surface area contributed by atoms with Crippen molar-refractivity contribution in [3.05, 3.63) is 45.5 Å². The SMILES string of the molecule is O=c1oc2nccnc2c(O)c1-c1cc(Cl)cc(N2CCOCC2)c1C(F)(F)F. The number of fused-ring (bicyclic) bond motifs is 1. The Labute approximate surface area is 166 Å². The quantitative estimate of drug-likeness (QED) is 0.670. The Morgan fingerprint density at radius 3 is 2.52 bits per heavy atom. The largest absolute Gasteiger partial charge is 0.505 e. The van der Waals surface area contributed by atoms with Crippen molar-refractivity contribution in [2.75, 3.05) is 31.2 Å². The van der Waals surface area contributed by atoms with Gasteiger partial charge in [0.1, 0.15) is 5.56 Å². The second kappa shape index (κ2) is 7.20. The number of rotatable bonds is 2. The van der Waals surface area contributed by atoms with Crippen molar-refractivity contribution in [3.63, 3.8) is 0 Å². The van der Waals surface area contributed by atoms with Gasteiger partial charge in [0.15, 0.2) is 11.3 Å². The molecule has 1 fully saturated rings. The molecule has 0 spiro atoms. The second-order valence-corrected chi connectivity index (χ2v) is 6.70. The van der Waals surface area contributed by atoms with Gasteiger partial charge >= 0.3 is 11.8 Å². The fourth-order valence-corrected chi connectivity index (χ4v) is 3.51. The van der Waals surface area contributed by atoms with Gasteiger partial charge in [-0.1, -0.05) is 11.6 Å². The maximum absolute atomic E-state index is 14.1. The minimum Gasteiger partial charge on any atom is -0.505 e. The molecule has 0 radical (unpaired) electrons. The number of hydrogen-bond acceptors (Lipinski definition) is 7. The molecule has 1 aromatic carbocycles. The molecule has 3 aromatic rings. The average molecular weight is 428 g/mol. The van der Waals surface area contributed by atoms with Gasteiger partial charge < -0.3 is 19.2 Å². The molecule has 3 heterocycles. The standard InChI is InChI=1S/C18H13ClF3N3O4/c19-9-7-10(12-15(26)14-16(29-17(12)27)24-2-1-23-14)13(18(20,21)22)11(8-9)25-3-5-28-6-4-25/h1-2,7-8,26H,3-6H2. The first-order valence-corrected chi connectivity index (χ1v) is 8.85. The van der Waals surface area contributed by atoms with E-state index in [0.717, 1.165) is 6.07 Å². The van der Waals surface area contributed by atoms with Crippen LogP contribution in [0, 0.1) is 0 Å². The molecule has 1 N–H and O–H groups in total. The smallest absolute Gasteiger partial charge is 0.419 e. The van der Waals surface area contributed by atoms with Gasteiger partial charge in [-0.2, -0.15) is 13.2 Å². The molecule has 2 aromatic heterocycles. The van der Waals surface area contributed by atoms with Gasteiger partial charge in [-0.15, -0.1) is 0 Å². The number of nitrogens with zero attached hydrogens (tertiary/aromatic N) is 3. The molecule has 11 heteroatoms. The van der Waals surface area contributed by atoms with E-state index in [2.05, 4.69) is 9.97 Å². The van der Waals surface area contributed by atoms with Gasteiger partial charge in [0.25, 0.3) is 5.71 Å². The molecule has 152 valence electrons. The van der Waals surface area contributed by atoms with E-state index in [-0.39, 0.29) is 48.2 Å². The summed E-state index contributed by atoms with van der Waals surface area (Å²) in [6, 6.07) is 2.15. The van der Waals surface area contributed by atoms with Crippen LogP contribution in [0.1, 0.15) is 5.56 Å². The summed E-state index contributed by atoms with van der Waals surface area (Å²) >= 11 is 6.10. The van der Waals surface area contributed by atoms with Crippen LogP contribution in [0.2, 0.25) is 5.02 Å². The number of alkyl halides is 3. The predicted molar refractivity (Wildman–Crippen MR) is 98.2 cm³/mol. The number of benzene rings is 1. The molecule has 1 aliphatic rings. The van der Waals surface area contributed by atoms with Gasteiger partial charge in [0.05, 0.1) is 24.5 Å². The van der Waals surface area contributed by atoms with Gasteiger partial charge in [-0.25, -0.2) is 14.8 Å². The molecule has 1 saturated heterocycles. The minimum atomic E-state index is -4.84. The lowest BCUT2D eigenvalue weighted by Gasteiger charge is -2.32. The Kier molecular flexibility index (Phi) is 4.83. The first kappa shape index (κ1) is 19.5. The lowest BCUT2D eigenvalue weighted by molar-refractivity contribution is -0.136. The van der Waals surface area contributed by atoms with Crippen molar-refractivity contribution >= 4 is 28.5 Å². The van der Waals surface area contributed by atoms with Crippen molar-refractivity contribution in [3.8, 4) is 16.9 Å². The monoisotopic (exact) mass is 427 g/mol. The van der Waals surface area contributed by atoms with Crippen LogP contribution in [-0.4, -0.2) is 41.4 Å². The highest BCUT2D eigenvalue weighted by atomic mass is 35.5. The van der Waals surface area contributed by atoms with Gasteiger partial charge in [0.2, 0.25) is 0 Å². The zero-order valence-corrected chi connectivity index (χ0v) is 15.4. The predicted octanol–water partition coefficient (Wildman–Crippen LogP) is 3.46. The van der Waals surface area contributed by atoms with Gasteiger partial charge in [-0.05, 0) is 12.1 Å². The highest BCUT2D eigenvalue weighted by Crippen LogP contribution is 2.46. The summed E-state index contributed by atoms with van der Waals surface area (Å²) in [5, 5.41) is 10.5. The molecule has 7 nitrogen and oxygen atoms in total. The van der Waals surface area contributed by atoms with Crippen molar-refractivity contribution in [1.82, 2.24) is 9.97 Å². The first-order valence-electron chi connectivity index (χ1n) is 8.48. The van der Waals surface area contributed by atoms with E-state index in [0.29, 0.717) is 0 Å². The maximum atomic E-state index is 14.1. The lowest BCUT2D eigenvalue weighted by Crippen LogP contribution is -2.37. The molecule has 0 saturated carbocycles. The summed E-state index contributed by atoms with van der Waals surface area (Å²) in [6.07, 6.45) is -2.40. The molecule has 0 bridgehead atoms. The van der Waals surface area contributed by atoms with Crippen LogP contribution in [-0.2, 0) is 10.9 Å². The van der Waals surface area contributed by atoms with Crippen molar-refractivity contribution in [2.45, 2.75) is 6.18 Å². The topological polar surface area (TPSA) is 88.7 Å². The van der Waals surface area contributed by atoms with Crippen molar-refractivity contribution < 1.29 is 27.4 Å². The van der Waals surface area contributed by atoms with Crippen LogP contribution in [0.15, 0.2) is 33.7 Å². The zero-order chi connectivity index (χ0) is 20.8. The van der Waals surface area contributed by atoms with Crippen molar-refractivity contribution in [1.29, 1.82) is 0 Å². The number of anilines is 1. The molecule has 0 unspecified atom stereocenters. The van der Waals surface area contributed by atoms with Crippen LogP contribution in [0.25, 0.3) is 22.4 Å². The highest BCUT2D eigenvalue weighted by molar-refractivity contribution is 6.31. The molecule has 29 heavy (non-hydrogen) atoms. The Morgan fingerprint density at radius 2 is 1.83 bits per heavy atom. The Bertz CT molecular complexity index is 1140. The zero-order valence-electron chi connectivity index (χ0n) is 14.7. The molecule has 1 aliphatic heterocycles. The van der Waals surface area contributed by atoms with E-state index in [1.54, 1.807) is 0 Å². The molecule has 0 atom stereocenters. The molecule has 0 amide bonds. The Hall–Kier alpha value is -2.85. The summed E-state index contributed by atoms with van der Waals surface area (Å²) in [7, 11) is 0. The summed E-state index contributed by atoms with van der Waals surface area (Å²) < 4.78 is 52.5. The molecule has 0 aliphatic carbocycles. The molecular formula is C18H13ClF3N3O4. The van der Waals surface area contributed by atoms with Crippen LogP contribution >= 0.6 is 11.6 Å². The van der Waals surface area contributed by atoms with Crippen LogP contribution in [0.4, 0.5) is 18.9 Å². The lowest BCUT2D eigenvalue weighted by atomic mass is 9.97. The number of ether oxygens (including phenoxy) is 1. The Morgan fingerprint density at radius 1 is 1.14 bits per heavy atom. The van der Waals surface area contributed by atoms with E-state index in [4.69, 9.17) is 20.8 Å². The fourth-order valence-electron chi connectivity index (χ4n) is 3.30. The van der Waals surface area contributed by atoms with E-state index in [9.17, 15) is 23.1 Å². The summed E-state index contributed by atoms with van der Waals surface area (Å²) in [6.45, 7) is 0.926. The number of morpholine rings is 1. The number of aromatic hydroxyl groups is 1. The van der Waals surface area contributed by atoms with Crippen LogP contribution in [0.3, 0.4) is 0 Å². The maximum Gasteiger partial charge on any atom is 0.419 e. The third-order valence-electron chi connectivity index (χ3n) is 4.51. The van der Waals surface area contributed by atoms with Crippen LogP contribution in [0.5, 0.6) is 5.75 Å². The number of halogens is 4. The third kappa shape index (κ3) is 3.49. The van der Waals surface area contributed by atoms with E-state index >= 15 is 0 Å². The molecule has 4 rings (SSSR count). The highest BCUT2D eigenvalue weighted by Gasteiger charge is 2.40. The number of hydrogen-bond donors (Lipinski definition) is 1. The second-order valence-electron chi connectivity index (χ2n) is 6.27. The summed E-state index contributed by atoms with van der Waals surface area (Å²) in [4.78, 5) is 21.6. The fraction of sp³-hybridized carbons (Fsp3) is 0.278. The van der Waals surface area contributed by atoms with Gasteiger partial charge in [0, 0.05) is 36.1 Å². The number of aromatic nitrogens is 2. The summed E-state index contributed by atoms with van der Waals surface area (Å²) in [5.41, 5.74) is -4.29. The van der Waals surface area contributed by atoms with Crippen molar-refractivity contribution in [2.24, 2.45) is 0 Å². The Balaban J connectivity index is 2.05. The summed E-state index contributed by atoms with van der Waals surface area (Å²) in [5.74, 6) is -0.759. The third-order valence-corrected chi connectivity index (χ3v) is 4.72. The van der Waals surface area contributed by atoms with E-state index in [1.165, 1.54) is 23.4 Å².